The predicted octanol–water partition coefficient (Wildman–Crippen LogP) is 4.77. The summed E-state index contributed by atoms with van der Waals surface area (Å²) in [4.78, 5) is 29.6. The molecule has 1 atom stereocenters. The summed E-state index contributed by atoms with van der Waals surface area (Å²) >= 11 is 6.06. The molecule has 0 aliphatic carbocycles. The van der Waals surface area contributed by atoms with Gasteiger partial charge in [0.25, 0.3) is 11.8 Å². The smallest absolute Gasteiger partial charge is 0.265 e. The minimum Gasteiger partial charge on any atom is -0.481 e. The van der Waals surface area contributed by atoms with Crippen LogP contribution in [0.1, 0.15) is 34.8 Å². The first-order valence-corrected chi connectivity index (χ1v) is 10.4. The molecule has 31 heavy (non-hydrogen) atoms. The van der Waals surface area contributed by atoms with Crippen LogP contribution in [-0.2, 0) is 11.3 Å². The van der Waals surface area contributed by atoms with Crippen molar-refractivity contribution in [1.29, 1.82) is 0 Å². The lowest BCUT2D eigenvalue weighted by Gasteiger charge is -2.19. The van der Waals surface area contributed by atoms with E-state index in [0.717, 1.165) is 11.1 Å². The molecule has 3 aromatic rings. The Balaban J connectivity index is 1.68. The molecule has 0 aliphatic rings. The Morgan fingerprint density at radius 1 is 1.13 bits per heavy atom. The first-order valence-electron chi connectivity index (χ1n) is 9.97. The van der Waals surface area contributed by atoms with E-state index in [0.29, 0.717) is 35.0 Å². The number of nitrogens with one attached hydrogen (secondary N) is 2. The number of benzene rings is 2. The number of amides is 2. The lowest BCUT2D eigenvalue weighted by molar-refractivity contribution is -0.122. The van der Waals surface area contributed by atoms with E-state index in [1.165, 1.54) is 0 Å². The fourth-order valence-corrected chi connectivity index (χ4v) is 3.08. The van der Waals surface area contributed by atoms with Crippen molar-refractivity contribution in [3.05, 3.63) is 88.7 Å². The molecule has 3 rings (SSSR count). The Kier molecular flexibility index (Phi) is 7.62. The summed E-state index contributed by atoms with van der Waals surface area (Å²) in [7, 11) is 0. The van der Waals surface area contributed by atoms with Crippen LogP contribution in [0.15, 0.2) is 67.0 Å². The number of para-hydroxylation sites is 1. The minimum atomic E-state index is -0.716. The Bertz CT molecular complexity index is 1060. The highest BCUT2D eigenvalue weighted by atomic mass is 35.5. The van der Waals surface area contributed by atoms with Crippen molar-refractivity contribution in [1.82, 2.24) is 10.3 Å². The number of ether oxygens (including phenoxy) is 1. The van der Waals surface area contributed by atoms with Gasteiger partial charge in [0.05, 0.1) is 11.3 Å². The van der Waals surface area contributed by atoms with Crippen molar-refractivity contribution >= 4 is 29.1 Å². The maximum atomic E-state index is 12.9. The molecule has 0 spiro atoms. The van der Waals surface area contributed by atoms with Crippen LogP contribution in [0.3, 0.4) is 0 Å². The fourth-order valence-electron chi connectivity index (χ4n) is 2.96. The molecule has 2 aromatic carbocycles. The van der Waals surface area contributed by atoms with Crippen LogP contribution < -0.4 is 15.4 Å². The largest absolute Gasteiger partial charge is 0.481 e. The van der Waals surface area contributed by atoms with E-state index >= 15 is 0 Å². The van der Waals surface area contributed by atoms with Crippen molar-refractivity contribution in [2.24, 2.45) is 0 Å². The zero-order valence-corrected chi connectivity index (χ0v) is 18.1. The van der Waals surface area contributed by atoms with Gasteiger partial charge in [-0.05, 0) is 60.9 Å². The zero-order chi connectivity index (χ0) is 22.2. The van der Waals surface area contributed by atoms with Gasteiger partial charge >= 0.3 is 0 Å². The number of aryl methyl sites for hydroxylation is 1. The number of carbonyl (C=O) groups is 2. The second kappa shape index (κ2) is 10.6. The van der Waals surface area contributed by atoms with Crippen LogP contribution in [0.25, 0.3) is 0 Å². The number of halogens is 1. The van der Waals surface area contributed by atoms with E-state index in [1.54, 1.807) is 54.9 Å². The SMILES string of the molecule is CC[C@@H](Oc1ccc(Cl)c(C)c1)C(=O)Nc1ccccc1C(=O)NCc1cccnc1. The van der Waals surface area contributed by atoms with Crippen LogP contribution in [0.4, 0.5) is 5.69 Å². The van der Waals surface area contributed by atoms with Gasteiger partial charge in [-0.25, -0.2) is 0 Å². The number of aromatic nitrogens is 1. The maximum Gasteiger partial charge on any atom is 0.265 e. The molecule has 0 bridgehead atoms. The Morgan fingerprint density at radius 3 is 2.65 bits per heavy atom. The van der Waals surface area contributed by atoms with Crippen molar-refractivity contribution in [3.8, 4) is 5.75 Å². The van der Waals surface area contributed by atoms with Crippen LogP contribution in [0.2, 0.25) is 5.02 Å². The van der Waals surface area contributed by atoms with Crippen LogP contribution in [0, 0.1) is 6.92 Å². The van der Waals surface area contributed by atoms with E-state index in [-0.39, 0.29) is 11.8 Å². The van der Waals surface area contributed by atoms with Gasteiger partial charge in [-0.3, -0.25) is 14.6 Å². The molecule has 2 N–H and O–H groups in total. The van der Waals surface area contributed by atoms with E-state index in [9.17, 15) is 9.59 Å². The van der Waals surface area contributed by atoms with Crippen molar-refractivity contribution < 1.29 is 14.3 Å². The molecule has 2 amide bonds. The third-order valence-electron chi connectivity index (χ3n) is 4.68. The summed E-state index contributed by atoms with van der Waals surface area (Å²) in [5.41, 5.74) is 2.54. The van der Waals surface area contributed by atoms with Gasteiger partial charge in [0, 0.05) is 24.0 Å². The standard InChI is InChI=1S/C24H24ClN3O3/c1-3-22(31-18-10-11-20(25)16(2)13-18)24(30)28-21-9-5-4-8-19(21)23(29)27-15-17-7-6-12-26-14-17/h4-14,22H,3,15H2,1-2H3,(H,27,29)(H,28,30)/t22-/m1/s1. The fraction of sp³-hybridized carbons (Fsp3) is 0.208. The van der Waals surface area contributed by atoms with Gasteiger partial charge in [-0.15, -0.1) is 0 Å². The monoisotopic (exact) mass is 437 g/mol. The normalized spacial score (nSPS) is 11.5. The predicted molar refractivity (Wildman–Crippen MR) is 121 cm³/mol. The molecule has 0 saturated carbocycles. The van der Waals surface area contributed by atoms with Crippen molar-refractivity contribution in [2.75, 3.05) is 5.32 Å². The second-order valence-electron chi connectivity index (χ2n) is 7.00. The summed E-state index contributed by atoms with van der Waals surface area (Å²) in [6.07, 6.45) is 3.11. The molecular weight excluding hydrogens is 414 g/mol. The lowest BCUT2D eigenvalue weighted by Crippen LogP contribution is -2.33. The van der Waals surface area contributed by atoms with E-state index in [2.05, 4.69) is 15.6 Å². The van der Waals surface area contributed by atoms with Gasteiger partial charge in [0.2, 0.25) is 0 Å². The Morgan fingerprint density at radius 2 is 1.94 bits per heavy atom. The molecule has 6 nitrogen and oxygen atoms in total. The quantitative estimate of drug-likeness (QED) is 0.532. The van der Waals surface area contributed by atoms with Crippen LogP contribution in [-0.4, -0.2) is 22.9 Å². The van der Waals surface area contributed by atoms with Gasteiger partial charge in [-0.1, -0.05) is 36.7 Å². The van der Waals surface area contributed by atoms with Crippen molar-refractivity contribution in [3.63, 3.8) is 0 Å². The molecular formula is C24H24ClN3O3. The Hall–Kier alpha value is -3.38. The number of anilines is 1. The maximum absolute atomic E-state index is 12.9. The average molecular weight is 438 g/mol. The molecule has 160 valence electrons. The van der Waals surface area contributed by atoms with Gasteiger partial charge in [-0.2, -0.15) is 0 Å². The molecule has 0 fully saturated rings. The number of carbonyl (C=O) groups excluding carboxylic acids is 2. The number of nitrogens with zero attached hydrogens (tertiary/aromatic N) is 1. The summed E-state index contributed by atoms with van der Waals surface area (Å²) in [6, 6.07) is 15.8. The molecule has 1 heterocycles. The number of hydrogen-bond donors (Lipinski definition) is 2. The van der Waals surface area contributed by atoms with Gasteiger partial charge in [0.15, 0.2) is 6.10 Å². The molecule has 7 heteroatoms. The highest BCUT2D eigenvalue weighted by Crippen LogP contribution is 2.23. The molecule has 1 aromatic heterocycles. The number of rotatable bonds is 8. The summed E-state index contributed by atoms with van der Waals surface area (Å²) in [5.74, 6) is -0.0592. The van der Waals surface area contributed by atoms with Crippen LogP contribution >= 0.6 is 11.6 Å². The third-order valence-corrected chi connectivity index (χ3v) is 5.10. The Labute approximate surface area is 186 Å². The number of pyridine rings is 1. The average Bonchev–Trinajstić information content (AvgIpc) is 2.79. The van der Waals surface area contributed by atoms with Crippen molar-refractivity contribution in [2.45, 2.75) is 32.9 Å². The third kappa shape index (κ3) is 6.06. The van der Waals surface area contributed by atoms with Gasteiger partial charge in [0.1, 0.15) is 5.75 Å². The summed E-state index contributed by atoms with van der Waals surface area (Å²) in [6.45, 7) is 4.07. The molecule has 0 unspecified atom stereocenters. The number of hydrogen-bond acceptors (Lipinski definition) is 4. The highest BCUT2D eigenvalue weighted by molar-refractivity contribution is 6.31. The summed E-state index contributed by atoms with van der Waals surface area (Å²) < 4.78 is 5.86. The lowest BCUT2D eigenvalue weighted by atomic mass is 10.1. The first kappa shape index (κ1) is 22.3. The van der Waals surface area contributed by atoms with Gasteiger partial charge < -0.3 is 15.4 Å². The molecule has 0 saturated heterocycles. The molecule has 0 aliphatic heterocycles. The zero-order valence-electron chi connectivity index (χ0n) is 17.4. The highest BCUT2D eigenvalue weighted by Gasteiger charge is 2.21. The molecule has 0 radical (unpaired) electrons. The van der Waals surface area contributed by atoms with E-state index in [4.69, 9.17) is 16.3 Å². The second-order valence-corrected chi connectivity index (χ2v) is 7.41. The summed E-state index contributed by atoms with van der Waals surface area (Å²) in [5, 5.41) is 6.31. The van der Waals surface area contributed by atoms with E-state index in [1.807, 2.05) is 26.0 Å². The minimum absolute atomic E-state index is 0.290. The first-order chi connectivity index (χ1) is 15.0. The topological polar surface area (TPSA) is 80.3 Å². The van der Waals surface area contributed by atoms with E-state index < -0.39 is 6.10 Å². The van der Waals surface area contributed by atoms with Crippen LogP contribution in [0.5, 0.6) is 5.75 Å².